The third-order valence-corrected chi connectivity index (χ3v) is 6.50. The molecule has 2 N–H and O–H groups in total. The largest absolute Gasteiger partial charge is 0.362 e. The standard InChI is InChI=1S/C24H27Cl2N5O/c1-31(2)22-19-5-3-4-6-21(19)29-24(30-22)28-18-10-7-15(8-11-18)23(32)27-14-16-13-17(25)9-12-20(16)26/h3-6,9,12-13,15,18H,7-8,10-11,14H2,1-2H3,(H,27,32)(H,28,29,30). The molecule has 32 heavy (non-hydrogen) atoms. The fraction of sp³-hybridized carbons (Fsp3) is 0.375. The molecule has 6 nitrogen and oxygen atoms in total. The summed E-state index contributed by atoms with van der Waals surface area (Å²) in [5.41, 5.74) is 1.74. The molecule has 0 aliphatic heterocycles. The van der Waals surface area contributed by atoms with Crippen molar-refractivity contribution in [2.45, 2.75) is 38.3 Å². The van der Waals surface area contributed by atoms with Gasteiger partial charge in [0.1, 0.15) is 5.82 Å². The summed E-state index contributed by atoms with van der Waals surface area (Å²) in [6.45, 7) is 0.384. The first-order valence-electron chi connectivity index (χ1n) is 10.8. The summed E-state index contributed by atoms with van der Waals surface area (Å²) in [6, 6.07) is 13.5. The number of rotatable bonds is 6. The van der Waals surface area contributed by atoms with E-state index in [1.54, 1.807) is 18.2 Å². The first-order chi connectivity index (χ1) is 15.4. The lowest BCUT2D eigenvalue weighted by Crippen LogP contribution is -2.36. The number of carbonyl (C=O) groups is 1. The summed E-state index contributed by atoms with van der Waals surface area (Å²) in [4.78, 5) is 24.1. The van der Waals surface area contributed by atoms with Gasteiger partial charge in [0.25, 0.3) is 0 Å². The van der Waals surface area contributed by atoms with E-state index in [2.05, 4.69) is 10.6 Å². The lowest BCUT2D eigenvalue weighted by atomic mass is 9.85. The molecule has 0 bridgehead atoms. The van der Waals surface area contributed by atoms with Crippen molar-refractivity contribution in [3.63, 3.8) is 0 Å². The Morgan fingerprint density at radius 3 is 2.56 bits per heavy atom. The molecule has 1 saturated carbocycles. The van der Waals surface area contributed by atoms with Crippen LogP contribution in [0.2, 0.25) is 10.0 Å². The molecule has 1 aromatic heterocycles. The first kappa shape index (κ1) is 22.6. The normalized spacial score (nSPS) is 18.4. The van der Waals surface area contributed by atoms with Crippen molar-refractivity contribution in [2.24, 2.45) is 5.92 Å². The highest BCUT2D eigenvalue weighted by Crippen LogP contribution is 2.29. The molecule has 1 fully saturated rings. The number of benzene rings is 2. The Balaban J connectivity index is 1.34. The van der Waals surface area contributed by atoms with Crippen molar-refractivity contribution in [2.75, 3.05) is 24.3 Å². The number of halogens is 2. The van der Waals surface area contributed by atoms with Crippen LogP contribution in [0.5, 0.6) is 0 Å². The van der Waals surface area contributed by atoms with Crippen molar-refractivity contribution in [3.05, 3.63) is 58.1 Å². The molecule has 4 rings (SSSR count). The van der Waals surface area contributed by atoms with E-state index in [1.807, 2.05) is 43.3 Å². The van der Waals surface area contributed by atoms with Gasteiger partial charge in [-0.1, -0.05) is 35.3 Å². The van der Waals surface area contributed by atoms with Crippen molar-refractivity contribution >= 4 is 51.8 Å². The summed E-state index contributed by atoms with van der Waals surface area (Å²) in [5.74, 6) is 1.60. The number of carbonyl (C=O) groups excluding carboxylic acids is 1. The fourth-order valence-electron chi connectivity index (χ4n) is 4.15. The monoisotopic (exact) mass is 471 g/mol. The van der Waals surface area contributed by atoms with Crippen LogP contribution in [-0.2, 0) is 11.3 Å². The molecular weight excluding hydrogens is 445 g/mol. The molecule has 8 heteroatoms. The van der Waals surface area contributed by atoms with E-state index in [-0.39, 0.29) is 17.9 Å². The summed E-state index contributed by atoms with van der Waals surface area (Å²) in [7, 11) is 3.97. The number of hydrogen-bond donors (Lipinski definition) is 2. The molecule has 1 aliphatic carbocycles. The fourth-order valence-corrected chi connectivity index (χ4v) is 4.53. The average molecular weight is 472 g/mol. The molecule has 2 aromatic carbocycles. The van der Waals surface area contributed by atoms with Crippen LogP contribution < -0.4 is 15.5 Å². The van der Waals surface area contributed by atoms with Crippen LogP contribution in [0, 0.1) is 5.92 Å². The van der Waals surface area contributed by atoms with Crippen molar-refractivity contribution < 1.29 is 4.79 Å². The number of para-hydroxylation sites is 1. The van der Waals surface area contributed by atoms with Gasteiger partial charge in [-0.15, -0.1) is 0 Å². The summed E-state index contributed by atoms with van der Waals surface area (Å²) in [5, 5.41) is 8.74. The van der Waals surface area contributed by atoms with Gasteiger partial charge in [0.15, 0.2) is 0 Å². The van der Waals surface area contributed by atoms with Crippen LogP contribution in [-0.4, -0.2) is 36.0 Å². The number of nitrogens with one attached hydrogen (secondary N) is 2. The Kier molecular flexibility index (Phi) is 7.01. The summed E-state index contributed by atoms with van der Waals surface area (Å²) in [6.07, 6.45) is 3.43. The lowest BCUT2D eigenvalue weighted by molar-refractivity contribution is -0.126. The molecule has 0 saturated heterocycles. The molecule has 0 unspecified atom stereocenters. The Labute approximate surface area is 198 Å². The van der Waals surface area contributed by atoms with Crippen LogP contribution in [0.3, 0.4) is 0 Å². The molecule has 3 aromatic rings. The zero-order valence-corrected chi connectivity index (χ0v) is 19.7. The van der Waals surface area contributed by atoms with Gasteiger partial charge in [-0.05, 0) is 61.6 Å². The first-order valence-corrected chi connectivity index (χ1v) is 11.6. The van der Waals surface area contributed by atoms with E-state index in [1.165, 1.54) is 0 Å². The smallest absolute Gasteiger partial charge is 0.225 e. The van der Waals surface area contributed by atoms with Gasteiger partial charge in [-0.2, -0.15) is 4.98 Å². The molecule has 1 heterocycles. The summed E-state index contributed by atoms with van der Waals surface area (Å²) >= 11 is 12.2. The molecule has 1 amide bonds. The third-order valence-electron chi connectivity index (χ3n) is 5.90. The molecule has 1 aliphatic rings. The average Bonchev–Trinajstić information content (AvgIpc) is 2.79. The van der Waals surface area contributed by atoms with Gasteiger partial charge >= 0.3 is 0 Å². The SMILES string of the molecule is CN(C)c1nc(NC2CCC(C(=O)NCc3cc(Cl)ccc3Cl)CC2)nc2ccccc12. The molecule has 0 radical (unpaired) electrons. The number of hydrogen-bond acceptors (Lipinski definition) is 5. The minimum absolute atomic E-state index is 0.000803. The number of aromatic nitrogens is 2. The molecule has 168 valence electrons. The minimum atomic E-state index is 0.000803. The molecule has 0 spiro atoms. The van der Waals surface area contributed by atoms with Gasteiger partial charge in [-0.3, -0.25) is 4.79 Å². The van der Waals surface area contributed by atoms with Crippen molar-refractivity contribution in [1.82, 2.24) is 15.3 Å². The third kappa shape index (κ3) is 5.25. The van der Waals surface area contributed by atoms with E-state index < -0.39 is 0 Å². The minimum Gasteiger partial charge on any atom is -0.362 e. The number of fused-ring (bicyclic) bond motifs is 1. The Morgan fingerprint density at radius 2 is 1.81 bits per heavy atom. The van der Waals surface area contributed by atoms with Crippen LogP contribution in [0.4, 0.5) is 11.8 Å². The quantitative estimate of drug-likeness (QED) is 0.510. The number of nitrogens with zero attached hydrogens (tertiary/aromatic N) is 3. The Morgan fingerprint density at radius 1 is 1.06 bits per heavy atom. The van der Waals surface area contributed by atoms with Crippen LogP contribution >= 0.6 is 23.2 Å². The van der Waals surface area contributed by atoms with Gasteiger partial charge in [0, 0.05) is 48.0 Å². The van der Waals surface area contributed by atoms with Crippen LogP contribution in [0.15, 0.2) is 42.5 Å². The highest BCUT2D eigenvalue weighted by Gasteiger charge is 2.27. The highest BCUT2D eigenvalue weighted by atomic mass is 35.5. The predicted octanol–water partition coefficient (Wildman–Crippen LogP) is 5.29. The topological polar surface area (TPSA) is 70.2 Å². The number of anilines is 2. The lowest BCUT2D eigenvalue weighted by Gasteiger charge is -2.28. The molecule has 0 atom stereocenters. The van der Waals surface area contributed by atoms with E-state index in [4.69, 9.17) is 33.2 Å². The van der Waals surface area contributed by atoms with Crippen LogP contribution in [0.25, 0.3) is 10.9 Å². The maximum absolute atomic E-state index is 12.7. The van der Waals surface area contributed by atoms with E-state index in [0.717, 1.165) is 48.0 Å². The van der Waals surface area contributed by atoms with Gasteiger partial charge in [0.2, 0.25) is 11.9 Å². The zero-order valence-electron chi connectivity index (χ0n) is 18.2. The second-order valence-electron chi connectivity index (χ2n) is 8.43. The van der Waals surface area contributed by atoms with Crippen molar-refractivity contribution in [1.29, 1.82) is 0 Å². The Bertz CT molecular complexity index is 1110. The number of amides is 1. The second kappa shape index (κ2) is 9.92. The van der Waals surface area contributed by atoms with Crippen molar-refractivity contribution in [3.8, 4) is 0 Å². The Hall–Kier alpha value is -2.57. The maximum Gasteiger partial charge on any atom is 0.225 e. The van der Waals surface area contributed by atoms with Gasteiger partial charge in [-0.25, -0.2) is 4.98 Å². The zero-order chi connectivity index (χ0) is 22.7. The van der Waals surface area contributed by atoms with E-state index in [9.17, 15) is 4.79 Å². The highest BCUT2D eigenvalue weighted by molar-refractivity contribution is 6.33. The predicted molar refractivity (Wildman–Crippen MR) is 132 cm³/mol. The molecular formula is C24H27Cl2N5O. The van der Waals surface area contributed by atoms with Gasteiger partial charge < -0.3 is 15.5 Å². The van der Waals surface area contributed by atoms with Crippen LogP contribution in [0.1, 0.15) is 31.2 Å². The summed E-state index contributed by atoms with van der Waals surface area (Å²) < 4.78 is 0. The van der Waals surface area contributed by atoms with E-state index >= 15 is 0 Å². The maximum atomic E-state index is 12.7. The van der Waals surface area contributed by atoms with E-state index in [0.29, 0.717) is 22.5 Å². The van der Waals surface area contributed by atoms with Gasteiger partial charge in [0.05, 0.1) is 5.52 Å². The second-order valence-corrected chi connectivity index (χ2v) is 9.27.